The summed E-state index contributed by atoms with van der Waals surface area (Å²) < 4.78 is 0. The summed E-state index contributed by atoms with van der Waals surface area (Å²) in [6, 6.07) is 0. The van der Waals surface area contributed by atoms with Crippen molar-refractivity contribution in [2.75, 3.05) is 0 Å². The lowest BCUT2D eigenvalue weighted by Crippen LogP contribution is -2.32. The summed E-state index contributed by atoms with van der Waals surface area (Å²) in [5, 5.41) is 9.90. The molecule has 0 aromatic heterocycles. The number of ketones is 1. The summed E-state index contributed by atoms with van der Waals surface area (Å²) in [4.78, 5) is 11.3. The molecule has 0 spiro atoms. The third kappa shape index (κ3) is 3.63. The van der Waals surface area contributed by atoms with Crippen molar-refractivity contribution in [2.45, 2.75) is 51.0 Å². The number of allylic oxidation sites excluding steroid dienone is 1. The molecule has 1 rings (SSSR count). The van der Waals surface area contributed by atoms with Crippen molar-refractivity contribution >= 4 is 5.78 Å². The molecule has 1 N–H and O–H groups in total. The molecule has 0 aliphatic heterocycles. The van der Waals surface area contributed by atoms with E-state index < -0.39 is 5.60 Å². The van der Waals surface area contributed by atoms with E-state index in [0.717, 1.165) is 6.42 Å². The van der Waals surface area contributed by atoms with E-state index in [2.05, 4.69) is 13.0 Å². The first-order valence-corrected chi connectivity index (χ1v) is 5.77. The van der Waals surface area contributed by atoms with Crippen molar-refractivity contribution in [1.82, 2.24) is 0 Å². The van der Waals surface area contributed by atoms with Gasteiger partial charge in [0.15, 0.2) is 5.78 Å². The van der Waals surface area contributed by atoms with Crippen LogP contribution < -0.4 is 0 Å². The molecule has 2 heteroatoms. The van der Waals surface area contributed by atoms with Crippen LogP contribution in [0.3, 0.4) is 0 Å². The first-order valence-electron chi connectivity index (χ1n) is 5.77. The fraction of sp³-hybridized carbons (Fsp3) is 0.615. The minimum absolute atomic E-state index is 0.152. The van der Waals surface area contributed by atoms with Gasteiger partial charge in [-0.15, -0.1) is 0 Å². The molecular weight excluding hydrogens is 188 g/mol. The quantitative estimate of drug-likeness (QED) is 0.538. The minimum Gasteiger partial charge on any atom is -0.381 e. The van der Waals surface area contributed by atoms with E-state index in [0.29, 0.717) is 12.8 Å². The van der Waals surface area contributed by atoms with Crippen LogP contribution in [0.4, 0.5) is 0 Å². The molecule has 0 saturated carbocycles. The molecule has 0 amide bonds. The molecule has 0 radical (unpaired) electrons. The Kier molecular flexibility index (Phi) is 4.76. The number of rotatable bonds is 6. The molecule has 1 unspecified atom stereocenters. The van der Waals surface area contributed by atoms with Crippen molar-refractivity contribution in [3.05, 3.63) is 24.3 Å². The monoisotopic (exact) mass is 208 g/mol. The Morgan fingerprint density at radius 3 is 2.87 bits per heavy atom. The zero-order valence-electron chi connectivity index (χ0n) is 9.41. The third-order valence-electron chi connectivity index (χ3n) is 2.78. The molecule has 0 aromatic carbocycles. The van der Waals surface area contributed by atoms with Crippen LogP contribution in [0, 0.1) is 0 Å². The standard InChI is InChI=1S/C13H20O2/c1-2-3-4-5-6-7-10-13(15)11-8-9-12(13)14/h6-9,15H,2-5,10-11H2,1H3. The van der Waals surface area contributed by atoms with Gasteiger partial charge in [-0.3, -0.25) is 4.79 Å². The lowest BCUT2D eigenvalue weighted by molar-refractivity contribution is -0.130. The van der Waals surface area contributed by atoms with E-state index in [1.165, 1.54) is 25.3 Å². The van der Waals surface area contributed by atoms with Gasteiger partial charge >= 0.3 is 0 Å². The highest BCUT2D eigenvalue weighted by molar-refractivity contribution is 5.99. The summed E-state index contributed by atoms with van der Waals surface area (Å²) in [5.74, 6) is -0.152. The second-order valence-electron chi connectivity index (χ2n) is 4.17. The maximum Gasteiger partial charge on any atom is 0.187 e. The van der Waals surface area contributed by atoms with Crippen LogP contribution in [0.25, 0.3) is 0 Å². The van der Waals surface area contributed by atoms with Crippen LogP contribution in [0.1, 0.15) is 45.4 Å². The zero-order valence-corrected chi connectivity index (χ0v) is 9.41. The van der Waals surface area contributed by atoms with E-state index in [1.807, 2.05) is 6.08 Å². The Balaban J connectivity index is 2.22. The van der Waals surface area contributed by atoms with Crippen molar-refractivity contribution in [1.29, 1.82) is 0 Å². The van der Waals surface area contributed by atoms with Gasteiger partial charge in [-0.1, -0.05) is 38.0 Å². The molecular formula is C13H20O2. The average molecular weight is 208 g/mol. The van der Waals surface area contributed by atoms with Gasteiger partial charge in [-0.2, -0.15) is 0 Å². The molecule has 84 valence electrons. The Hall–Kier alpha value is -0.890. The predicted molar refractivity (Wildman–Crippen MR) is 61.6 cm³/mol. The van der Waals surface area contributed by atoms with E-state index in [9.17, 15) is 9.90 Å². The molecule has 15 heavy (non-hydrogen) atoms. The van der Waals surface area contributed by atoms with E-state index in [-0.39, 0.29) is 5.78 Å². The van der Waals surface area contributed by atoms with Gasteiger partial charge in [0.25, 0.3) is 0 Å². The molecule has 0 bridgehead atoms. The fourth-order valence-electron chi connectivity index (χ4n) is 1.71. The Bertz CT molecular complexity index is 266. The van der Waals surface area contributed by atoms with E-state index in [1.54, 1.807) is 6.08 Å². The fourth-order valence-corrected chi connectivity index (χ4v) is 1.71. The molecule has 1 aliphatic rings. The van der Waals surface area contributed by atoms with Gasteiger partial charge in [-0.25, -0.2) is 0 Å². The van der Waals surface area contributed by atoms with Crippen molar-refractivity contribution in [2.24, 2.45) is 0 Å². The SMILES string of the molecule is CCCCCC=CCC1(O)CC=CC1=O. The molecule has 0 fully saturated rings. The van der Waals surface area contributed by atoms with Crippen LogP contribution in [0.15, 0.2) is 24.3 Å². The number of carbonyl (C=O) groups is 1. The normalized spacial score (nSPS) is 25.6. The van der Waals surface area contributed by atoms with Gasteiger partial charge in [0.1, 0.15) is 5.60 Å². The third-order valence-corrected chi connectivity index (χ3v) is 2.78. The summed E-state index contributed by atoms with van der Waals surface area (Å²) in [7, 11) is 0. The minimum atomic E-state index is -1.14. The average Bonchev–Trinajstić information content (AvgIpc) is 2.54. The second kappa shape index (κ2) is 5.86. The molecule has 1 aliphatic carbocycles. The van der Waals surface area contributed by atoms with Crippen LogP contribution in [-0.4, -0.2) is 16.5 Å². The molecule has 0 aromatic rings. The molecule has 0 heterocycles. The van der Waals surface area contributed by atoms with Crippen molar-refractivity contribution < 1.29 is 9.90 Å². The lowest BCUT2D eigenvalue weighted by Gasteiger charge is -2.17. The van der Waals surface area contributed by atoms with E-state index >= 15 is 0 Å². The maximum absolute atomic E-state index is 11.3. The van der Waals surface area contributed by atoms with Crippen LogP contribution in [-0.2, 0) is 4.79 Å². The number of carbonyl (C=O) groups excluding carboxylic acids is 1. The summed E-state index contributed by atoms with van der Waals surface area (Å²) in [6.07, 6.45) is 12.8. The number of aliphatic hydroxyl groups is 1. The van der Waals surface area contributed by atoms with Crippen molar-refractivity contribution in [3.8, 4) is 0 Å². The van der Waals surface area contributed by atoms with E-state index in [4.69, 9.17) is 0 Å². The lowest BCUT2D eigenvalue weighted by atomic mass is 9.95. The highest BCUT2D eigenvalue weighted by Crippen LogP contribution is 2.24. The summed E-state index contributed by atoms with van der Waals surface area (Å²) >= 11 is 0. The van der Waals surface area contributed by atoms with Crippen LogP contribution in [0.5, 0.6) is 0 Å². The first kappa shape index (κ1) is 12.2. The summed E-state index contributed by atoms with van der Waals surface area (Å²) in [6.45, 7) is 2.18. The molecule has 0 saturated heterocycles. The first-order chi connectivity index (χ1) is 7.19. The Labute approximate surface area is 91.7 Å². The van der Waals surface area contributed by atoms with Gasteiger partial charge < -0.3 is 5.11 Å². The largest absolute Gasteiger partial charge is 0.381 e. The van der Waals surface area contributed by atoms with Gasteiger partial charge in [0, 0.05) is 12.8 Å². The number of hydrogen-bond acceptors (Lipinski definition) is 2. The maximum atomic E-state index is 11.3. The smallest absolute Gasteiger partial charge is 0.187 e. The Morgan fingerprint density at radius 2 is 2.27 bits per heavy atom. The summed E-state index contributed by atoms with van der Waals surface area (Å²) in [5.41, 5.74) is -1.14. The van der Waals surface area contributed by atoms with Crippen LogP contribution in [0.2, 0.25) is 0 Å². The topological polar surface area (TPSA) is 37.3 Å². The van der Waals surface area contributed by atoms with Gasteiger partial charge in [0.05, 0.1) is 0 Å². The second-order valence-corrected chi connectivity index (χ2v) is 4.17. The van der Waals surface area contributed by atoms with Crippen molar-refractivity contribution in [3.63, 3.8) is 0 Å². The zero-order chi connectivity index (χ0) is 11.1. The molecule has 2 nitrogen and oxygen atoms in total. The highest BCUT2D eigenvalue weighted by Gasteiger charge is 2.34. The van der Waals surface area contributed by atoms with Gasteiger partial charge in [-0.05, 0) is 18.9 Å². The Morgan fingerprint density at radius 1 is 1.47 bits per heavy atom. The molecule has 1 atom stereocenters. The van der Waals surface area contributed by atoms with Gasteiger partial charge in [0.2, 0.25) is 0 Å². The van der Waals surface area contributed by atoms with Crippen LogP contribution >= 0.6 is 0 Å². The highest BCUT2D eigenvalue weighted by atomic mass is 16.3. The number of hydrogen-bond donors (Lipinski definition) is 1. The number of unbranched alkanes of at least 4 members (excludes halogenated alkanes) is 3. The predicted octanol–water partition coefficient (Wildman–Crippen LogP) is 2.77.